The number of halogens is 1. The summed E-state index contributed by atoms with van der Waals surface area (Å²) in [5.74, 6) is 2.78. The Labute approximate surface area is 231 Å². The maximum atomic E-state index is 6.60. The quantitative estimate of drug-likeness (QED) is 0.237. The highest BCUT2D eigenvalue weighted by atomic mass is 35.5. The summed E-state index contributed by atoms with van der Waals surface area (Å²) in [6.07, 6.45) is 8.28. The molecule has 5 heterocycles. The second-order valence-electron chi connectivity index (χ2n) is 8.91. The predicted octanol–water partition coefficient (Wildman–Crippen LogP) is 5.20. The molecule has 1 aliphatic heterocycles. The molecule has 2 N–H and O–H groups in total. The minimum atomic E-state index is -1.69. The average molecular weight is 565 g/mol. The van der Waals surface area contributed by atoms with E-state index in [-0.39, 0.29) is 0 Å². The molecule has 6 rings (SSSR count). The van der Waals surface area contributed by atoms with Crippen LogP contribution in [0.1, 0.15) is 24.6 Å². The van der Waals surface area contributed by atoms with Gasteiger partial charge in [0.1, 0.15) is 17.3 Å². The van der Waals surface area contributed by atoms with E-state index < -0.39 is 10.6 Å². The lowest BCUT2D eigenvalue weighted by molar-refractivity contribution is 0.0489. The zero-order valence-corrected chi connectivity index (χ0v) is 22.6. The summed E-state index contributed by atoms with van der Waals surface area (Å²) >= 11 is 6.60. The molecule has 0 bridgehead atoms. The van der Waals surface area contributed by atoms with E-state index in [1.54, 1.807) is 24.5 Å². The Hall–Kier alpha value is -3.84. The number of aromatic nitrogens is 7. The molecule has 11 nitrogen and oxygen atoms in total. The molecule has 13 heteroatoms. The van der Waals surface area contributed by atoms with Gasteiger partial charge in [-0.15, -0.1) is 20.4 Å². The van der Waals surface area contributed by atoms with Crippen molar-refractivity contribution in [2.45, 2.75) is 30.6 Å². The summed E-state index contributed by atoms with van der Waals surface area (Å²) in [5, 5.41) is 17.9. The second kappa shape index (κ2) is 10.7. The van der Waals surface area contributed by atoms with Crippen molar-refractivity contribution in [3.8, 4) is 28.7 Å². The Kier molecular flexibility index (Phi) is 7.00. The maximum absolute atomic E-state index is 6.60. The fourth-order valence-corrected chi connectivity index (χ4v) is 5.64. The van der Waals surface area contributed by atoms with Gasteiger partial charge in [0.15, 0.2) is 12.6 Å². The predicted molar refractivity (Wildman–Crippen MR) is 147 cm³/mol. The third-order valence-electron chi connectivity index (χ3n) is 6.30. The highest BCUT2D eigenvalue weighted by Gasteiger charge is 2.28. The van der Waals surface area contributed by atoms with Gasteiger partial charge < -0.3 is 10.2 Å². The Balaban J connectivity index is 1.18. The summed E-state index contributed by atoms with van der Waals surface area (Å²) in [5.41, 5.74) is 7.97. The molecule has 4 aromatic heterocycles. The van der Waals surface area contributed by atoms with Crippen LogP contribution < -0.4 is 5.73 Å². The first-order chi connectivity index (χ1) is 19.0. The normalized spacial score (nSPS) is 15.1. The van der Waals surface area contributed by atoms with Gasteiger partial charge in [-0.3, -0.25) is 9.55 Å². The van der Waals surface area contributed by atoms with Crippen LogP contribution in [0.15, 0.2) is 70.2 Å². The van der Waals surface area contributed by atoms with Gasteiger partial charge >= 0.3 is 0 Å². The second-order valence-corrected chi connectivity index (χ2v) is 11.8. The van der Waals surface area contributed by atoms with Crippen LogP contribution in [0.3, 0.4) is 0 Å². The lowest BCUT2D eigenvalue weighted by Gasteiger charge is -2.46. The van der Waals surface area contributed by atoms with E-state index in [0.717, 1.165) is 34.8 Å². The van der Waals surface area contributed by atoms with Crippen molar-refractivity contribution in [3.05, 3.63) is 77.7 Å². The maximum Gasteiger partial charge on any atom is 0.247 e. The molecule has 200 valence electrons. The number of pyridine rings is 2. The average Bonchev–Trinajstić information content (AvgIpc) is 3.58. The van der Waals surface area contributed by atoms with Crippen LogP contribution in [0, 0.1) is 0 Å². The number of unbranched alkanes of at least 4 members (excludes halogenated alkanes) is 1. The largest absolute Gasteiger partial charge is 0.421 e. The van der Waals surface area contributed by atoms with Gasteiger partial charge in [0.2, 0.25) is 11.8 Å². The smallest absolute Gasteiger partial charge is 0.247 e. The molecule has 1 aliphatic rings. The molecular weight excluding hydrogens is 540 g/mol. The van der Waals surface area contributed by atoms with Crippen molar-refractivity contribution in [1.29, 1.82) is 0 Å². The fraction of sp³-hybridized carbons (Fsp3) is 0.231. The Morgan fingerprint density at radius 2 is 1.82 bits per heavy atom. The molecule has 0 unspecified atom stereocenters. The fourth-order valence-electron chi connectivity index (χ4n) is 4.20. The van der Waals surface area contributed by atoms with Gasteiger partial charge in [0, 0.05) is 30.9 Å². The van der Waals surface area contributed by atoms with Crippen molar-refractivity contribution in [3.63, 3.8) is 0 Å². The number of aryl methyl sites for hydroxylation is 2. The summed E-state index contributed by atoms with van der Waals surface area (Å²) in [6, 6.07) is 15.0. The first-order valence-corrected chi connectivity index (χ1v) is 14.5. The van der Waals surface area contributed by atoms with E-state index in [1.165, 1.54) is 0 Å². The highest BCUT2D eigenvalue weighted by Crippen LogP contribution is 2.60. The van der Waals surface area contributed by atoms with Crippen LogP contribution in [0.4, 0.5) is 5.82 Å². The van der Waals surface area contributed by atoms with E-state index >= 15 is 0 Å². The molecule has 1 saturated heterocycles. The first-order valence-electron chi connectivity index (χ1n) is 12.3. The molecular formula is C26H25ClN8O3S. The topological polar surface area (TPSA) is 140 Å². The summed E-state index contributed by atoms with van der Waals surface area (Å²) in [6.45, 7) is 0.311. The lowest BCUT2D eigenvalue weighted by Crippen LogP contribution is -2.20. The molecule has 0 saturated carbocycles. The van der Waals surface area contributed by atoms with Crippen LogP contribution in [0.5, 0.6) is 0 Å². The van der Waals surface area contributed by atoms with Gasteiger partial charge in [-0.2, -0.15) is 10.6 Å². The van der Waals surface area contributed by atoms with Crippen molar-refractivity contribution in [2.24, 2.45) is 0 Å². The third kappa shape index (κ3) is 5.23. The zero-order valence-electron chi connectivity index (χ0n) is 21.0. The van der Waals surface area contributed by atoms with Crippen molar-refractivity contribution in [1.82, 2.24) is 34.9 Å². The van der Waals surface area contributed by atoms with Crippen LogP contribution in [-0.2, 0) is 21.2 Å². The minimum Gasteiger partial charge on any atom is -0.421 e. The lowest BCUT2D eigenvalue weighted by atomic mass is 10.2. The van der Waals surface area contributed by atoms with Gasteiger partial charge in [0.25, 0.3) is 0 Å². The molecule has 5 aromatic rings. The molecule has 0 amide bonds. The van der Waals surface area contributed by atoms with Crippen molar-refractivity contribution < 1.29 is 12.8 Å². The molecule has 0 radical (unpaired) electrons. The van der Waals surface area contributed by atoms with Gasteiger partial charge in [-0.1, -0.05) is 23.7 Å². The molecule has 1 fully saturated rings. The zero-order chi connectivity index (χ0) is 26.8. The number of rotatable bonds is 9. The Morgan fingerprint density at radius 3 is 2.56 bits per heavy atom. The van der Waals surface area contributed by atoms with E-state index in [4.69, 9.17) is 30.1 Å². The van der Waals surface area contributed by atoms with Gasteiger partial charge in [0.05, 0.1) is 21.8 Å². The molecule has 1 aromatic carbocycles. The number of anilines is 1. The van der Waals surface area contributed by atoms with Crippen molar-refractivity contribution in [2.75, 3.05) is 18.8 Å². The Bertz CT molecular complexity index is 1600. The number of para-hydroxylation sites is 1. The third-order valence-corrected chi connectivity index (χ3v) is 8.81. The van der Waals surface area contributed by atoms with Crippen LogP contribution in [0.2, 0.25) is 5.02 Å². The number of nitrogen functional groups attached to an aromatic ring is 1. The Morgan fingerprint density at radius 1 is 0.974 bits per heavy atom. The number of nitrogens with zero attached hydrogens (tertiary/aromatic N) is 7. The summed E-state index contributed by atoms with van der Waals surface area (Å²) in [4.78, 5) is 9.55. The molecule has 39 heavy (non-hydrogen) atoms. The molecule has 0 atom stereocenters. The van der Waals surface area contributed by atoms with Gasteiger partial charge in [-0.25, -0.2) is 13.4 Å². The number of hydrogen-bond donors (Lipinski definition) is 1. The van der Waals surface area contributed by atoms with E-state index in [9.17, 15) is 0 Å². The SMILES string of the molecule is CS1(c2ccc(-c3nnc(CCCCc4nnc(-c5ccnc(N)c5)o4)n3-c3ccccc3Cl)nc2)OCO1. The van der Waals surface area contributed by atoms with Crippen LogP contribution in [0.25, 0.3) is 28.7 Å². The molecule has 0 aliphatic carbocycles. The van der Waals surface area contributed by atoms with Crippen molar-refractivity contribution >= 4 is 28.0 Å². The number of hydrogen-bond acceptors (Lipinski definition) is 10. The minimum absolute atomic E-state index is 0.311. The first kappa shape index (κ1) is 25.4. The van der Waals surface area contributed by atoms with E-state index in [2.05, 4.69) is 30.4 Å². The van der Waals surface area contributed by atoms with Crippen LogP contribution >= 0.6 is 22.2 Å². The van der Waals surface area contributed by atoms with Crippen LogP contribution in [-0.4, -0.2) is 48.0 Å². The van der Waals surface area contributed by atoms with Gasteiger partial charge in [-0.05, 0) is 49.2 Å². The monoisotopic (exact) mass is 564 g/mol. The molecule has 0 spiro atoms. The van der Waals surface area contributed by atoms with E-state index in [1.807, 2.05) is 47.2 Å². The number of benzene rings is 1. The highest BCUT2D eigenvalue weighted by molar-refractivity contribution is 8.26. The number of nitrogens with two attached hydrogens (primary N) is 1. The summed E-state index contributed by atoms with van der Waals surface area (Å²) in [7, 11) is -1.69. The van der Waals surface area contributed by atoms with E-state index in [0.29, 0.717) is 53.8 Å². The standard InChI is InChI=1S/C26H25ClN8O3S/c1-39(36-16-37-39)18-10-11-20(30-15-18)25-33-31-23(35(25)21-7-3-2-6-19(21)27)8-4-5-9-24-32-34-26(38-24)17-12-13-29-22(28)14-17/h2-3,6-7,10-15H,4-5,8-9,16H2,1H3,(H2,28,29). The summed E-state index contributed by atoms with van der Waals surface area (Å²) < 4.78 is 19.0.